The van der Waals surface area contributed by atoms with E-state index in [1.54, 1.807) is 24.3 Å². The standard InChI is InChI=1S/C20H16N3O2S/c1-26(24,25)18-10-8-17(9-11-18)23-14-13-15-7-12-19(22-20(15)23)21-16-5-3-2-4-6-16/h2-14H,1H3. The summed E-state index contributed by atoms with van der Waals surface area (Å²) in [5.41, 5.74) is 2.46. The van der Waals surface area contributed by atoms with Gasteiger partial charge < -0.3 is 4.57 Å². The Morgan fingerprint density at radius 2 is 1.69 bits per heavy atom. The van der Waals surface area contributed by atoms with E-state index < -0.39 is 9.84 Å². The highest BCUT2D eigenvalue weighted by Gasteiger charge is 2.10. The molecule has 0 amide bonds. The number of fused-ring (bicyclic) bond motifs is 1. The van der Waals surface area contributed by atoms with Crippen molar-refractivity contribution in [3.8, 4) is 5.69 Å². The lowest BCUT2D eigenvalue weighted by molar-refractivity contribution is 0.602. The molecule has 0 spiro atoms. The zero-order valence-corrected chi connectivity index (χ0v) is 14.9. The summed E-state index contributed by atoms with van der Waals surface area (Å²) in [7, 11) is -3.21. The second-order valence-electron chi connectivity index (χ2n) is 5.98. The van der Waals surface area contributed by atoms with E-state index >= 15 is 0 Å². The molecule has 0 aliphatic carbocycles. The van der Waals surface area contributed by atoms with E-state index in [2.05, 4.69) is 9.98 Å². The van der Waals surface area contributed by atoms with Crippen LogP contribution in [0.4, 0.5) is 5.69 Å². The monoisotopic (exact) mass is 362 g/mol. The van der Waals surface area contributed by atoms with Gasteiger partial charge in [0.2, 0.25) is 0 Å². The van der Waals surface area contributed by atoms with Crippen molar-refractivity contribution < 1.29 is 8.42 Å². The SMILES string of the molecule is CS(=O)(=O)c1ccc(-n2ccc3c2=NC(=Nc2ccccc2)[CH]C=3)cc1. The maximum absolute atomic E-state index is 11.6. The molecule has 4 rings (SSSR count). The van der Waals surface area contributed by atoms with Gasteiger partial charge in [-0.05, 0) is 42.5 Å². The molecule has 0 saturated heterocycles. The molecule has 3 aromatic rings. The second-order valence-corrected chi connectivity index (χ2v) is 8.00. The summed E-state index contributed by atoms with van der Waals surface area (Å²) < 4.78 is 25.2. The zero-order valence-electron chi connectivity index (χ0n) is 14.1. The summed E-state index contributed by atoms with van der Waals surface area (Å²) >= 11 is 0. The third-order valence-corrected chi connectivity index (χ3v) is 5.19. The normalized spacial score (nSPS) is 15.2. The van der Waals surface area contributed by atoms with Gasteiger partial charge in [0.05, 0.1) is 17.0 Å². The van der Waals surface area contributed by atoms with E-state index in [1.807, 2.05) is 59.7 Å². The van der Waals surface area contributed by atoms with Gasteiger partial charge in [-0.15, -0.1) is 0 Å². The van der Waals surface area contributed by atoms with Crippen LogP contribution >= 0.6 is 0 Å². The molecule has 2 heterocycles. The first-order chi connectivity index (χ1) is 12.5. The maximum atomic E-state index is 11.6. The van der Waals surface area contributed by atoms with Crippen LogP contribution in [0.15, 0.2) is 81.7 Å². The van der Waals surface area contributed by atoms with Crippen LogP contribution in [0, 0.1) is 6.42 Å². The van der Waals surface area contributed by atoms with E-state index in [0.717, 1.165) is 22.1 Å². The van der Waals surface area contributed by atoms with Gasteiger partial charge in [0.15, 0.2) is 9.84 Å². The Balaban J connectivity index is 1.77. The summed E-state index contributed by atoms with van der Waals surface area (Å²) in [4.78, 5) is 9.50. The highest BCUT2D eigenvalue weighted by Crippen LogP contribution is 2.14. The first kappa shape index (κ1) is 16.5. The molecule has 5 nitrogen and oxygen atoms in total. The molecule has 0 fully saturated rings. The van der Waals surface area contributed by atoms with Gasteiger partial charge in [-0.25, -0.2) is 18.4 Å². The summed E-state index contributed by atoms with van der Waals surface area (Å²) in [6, 6.07) is 18.4. The molecule has 0 N–H and O–H groups in total. The van der Waals surface area contributed by atoms with E-state index in [4.69, 9.17) is 0 Å². The van der Waals surface area contributed by atoms with E-state index in [1.165, 1.54) is 6.26 Å². The summed E-state index contributed by atoms with van der Waals surface area (Å²) in [6.45, 7) is 0. The number of hydrogen-bond donors (Lipinski definition) is 0. The molecule has 0 atom stereocenters. The predicted octanol–water partition coefficient (Wildman–Crippen LogP) is 2.23. The Kier molecular flexibility index (Phi) is 4.05. The fourth-order valence-corrected chi connectivity index (χ4v) is 3.39. The molecule has 2 aromatic carbocycles. The summed E-state index contributed by atoms with van der Waals surface area (Å²) in [6.07, 6.45) is 6.98. The quantitative estimate of drug-likeness (QED) is 0.717. The summed E-state index contributed by atoms with van der Waals surface area (Å²) in [5.74, 6) is 0.622. The average Bonchev–Trinajstić information content (AvgIpc) is 3.05. The zero-order chi connectivity index (χ0) is 18.1. The lowest BCUT2D eigenvalue weighted by Crippen LogP contribution is -2.32. The topological polar surface area (TPSA) is 63.8 Å². The van der Waals surface area contributed by atoms with E-state index in [0.29, 0.717) is 10.7 Å². The number of hydrogen-bond acceptors (Lipinski definition) is 3. The number of amidine groups is 1. The van der Waals surface area contributed by atoms with Crippen LogP contribution in [-0.2, 0) is 9.84 Å². The Morgan fingerprint density at radius 3 is 2.38 bits per heavy atom. The van der Waals surface area contributed by atoms with E-state index in [-0.39, 0.29) is 0 Å². The fourth-order valence-electron chi connectivity index (χ4n) is 2.76. The highest BCUT2D eigenvalue weighted by molar-refractivity contribution is 7.90. The first-order valence-electron chi connectivity index (χ1n) is 8.06. The third kappa shape index (κ3) is 3.23. The van der Waals surface area contributed by atoms with Crippen molar-refractivity contribution >= 4 is 27.4 Å². The largest absolute Gasteiger partial charge is 0.301 e. The number of rotatable bonds is 3. The van der Waals surface area contributed by atoms with Gasteiger partial charge >= 0.3 is 0 Å². The maximum Gasteiger partial charge on any atom is 0.175 e. The second kappa shape index (κ2) is 6.38. The van der Waals surface area contributed by atoms with Crippen LogP contribution in [0.2, 0.25) is 0 Å². The van der Waals surface area contributed by atoms with Crippen molar-refractivity contribution in [3.63, 3.8) is 0 Å². The Bertz CT molecular complexity index is 1210. The van der Waals surface area contributed by atoms with Crippen molar-refractivity contribution in [1.29, 1.82) is 0 Å². The van der Waals surface area contributed by atoms with Crippen LogP contribution in [0.3, 0.4) is 0 Å². The minimum atomic E-state index is -3.21. The number of sulfone groups is 1. The highest BCUT2D eigenvalue weighted by atomic mass is 32.2. The van der Waals surface area contributed by atoms with Crippen molar-refractivity contribution in [2.24, 2.45) is 9.98 Å². The van der Waals surface area contributed by atoms with Gasteiger partial charge in [-0.2, -0.15) is 0 Å². The minimum Gasteiger partial charge on any atom is -0.301 e. The first-order valence-corrected chi connectivity index (χ1v) is 9.95. The molecule has 0 saturated carbocycles. The lowest BCUT2D eigenvalue weighted by atomic mass is 10.2. The van der Waals surface area contributed by atoms with Crippen molar-refractivity contribution in [3.05, 3.63) is 84.0 Å². The Labute approximate surface area is 151 Å². The molecule has 1 radical (unpaired) electrons. The Hall–Kier alpha value is -2.99. The lowest BCUT2D eigenvalue weighted by Gasteiger charge is -2.07. The fraction of sp³-hybridized carbons (Fsp3) is 0.0500. The van der Waals surface area contributed by atoms with E-state index in [9.17, 15) is 8.42 Å². The molecule has 1 aliphatic heterocycles. The average molecular weight is 362 g/mol. The van der Waals surface area contributed by atoms with Crippen LogP contribution in [0.25, 0.3) is 11.8 Å². The molecule has 1 aromatic heterocycles. The van der Waals surface area contributed by atoms with Crippen LogP contribution in [0.1, 0.15) is 0 Å². The predicted molar refractivity (Wildman–Crippen MR) is 102 cm³/mol. The van der Waals surface area contributed by atoms with Crippen LogP contribution in [0.5, 0.6) is 0 Å². The third-order valence-electron chi connectivity index (χ3n) is 4.06. The molecule has 6 heteroatoms. The molecule has 26 heavy (non-hydrogen) atoms. The number of aromatic nitrogens is 1. The van der Waals surface area contributed by atoms with Crippen molar-refractivity contribution in [2.45, 2.75) is 4.90 Å². The smallest absolute Gasteiger partial charge is 0.175 e. The van der Waals surface area contributed by atoms with Gasteiger partial charge in [-0.3, -0.25) is 0 Å². The van der Waals surface area contributed by atoms with Crippen molar-refractivity contribution in [1.82, 2.24) is 4.57 Å². The Morgan fingerprint density at radius 1 is 0.962 bits per heavy atom. The molecule has 0 bridgehead atoms. The number of nitrogens with zero attached hydrogens (tertiary/aromatic N) is 3. The number of aliphatic imine (C=N–C) groups is 1. The van der Waals surface area contributed by atoms with Crippen molar-refractivity contribution in [2.75, 3.05) is 6.26 Å². The molecular weight excluding hydrogens is 346 g/mol. The molecule has 1 aliphatic rings. The van der Waals surface area contributed by atoms with Crippen LogP contribution < -0.4 is 10.7 Å². The number of para-hydroxylation sites is 1. The molecule has 0 unspecified atom stereocenters. The van der Waals surface area contributed by atoms with Gasteiger partial charge in [-0.1, -0.05) is 24.3 Å². The van der Waals surface area contributed by atoms with Gasteiger partial charge in [0.25, 0.3) is 0 Å². The molecule has 129 valence electrons. The van der Waals surface area contributed by atoms with Crippen LogP contribution in [-0.4, -0.2) is 25.1 Å². The minimum absolute atomic E-state index is 0.297. The molecular formula is C20H16N3O2S. The van der Waals surface area contributed by atoms with Gasteiger partial charge in [0, 0.05) is 23.4 Å². The van der Waals surface area contributed by atoms with Gasteiger partial charge in [0.1, 0.15) is 11.3 Å². The summed E-state index contributed by atoms with van der Waals surface area (Å²) in [5, 5.41) is 0.990. The number of benzene rings is 2.